The Morgan fingerprint density at radius 3 is 2.76 bits per heavy atom. The molecular weight excluding hydrogens is 274 g/mol. The topological polar surface area (TPSA) is 38.1 Å². The van der Waals surface area contributed by atoms with Crippen LogP contribution in [0.2, 0.25) is 0 Å². The summed E-state index contributed by atoms with van der Waals surface area (Å²) in [6, 6.07) is 11.0. The van der Waals surface area contributed by atoms with E-state index in [9.17, 15) is 8.78 Å². The van der Waals surface area contributed by atoms with Gasteiger partial charge >= 0.3 is 0 Å². The van der Waals surface area contributed by atoms with Gasteiger partial charge in [0, 0.05) is 11.6 Å². The highest BCUT2D eigenvalue weighted by Crippen LogP contribution is 2.26. The van der Waals surface area contributed by atoms with Crippen molar-refractivity contribution in [2.24, 2.45) is 0 Å². The fourth-order valence-electron chi connectivity index (χ4n) is 1.97. The van der Waals surface area contributed by atoms with E-state index in [1.807, 2.05) is 31.2 Å². The van der Waals surface area contributed by atoms with Gasteiger partial charge in [0.2, 0.25) is 0 Å². The Morgan fingerprint density at radius 2 is 1.95 bits per heavy atom. The van der Waals surface area contributed by atoms with E-state index in [2.05, 4.69) is 10.3 Å². The largest absolute Gasteiger partial charge is 0.423 e. The normalized spacial score (nSPS) is 10.6. The molecule has 0 aliphatic rings. The molecule has 5 heteroatoms. The molecule has 1 N–H and O–H groups in total. The number of aromatic nitrogens is 1. The fourth-order valence-corrected chi connectivity index (χ4v) is 1.97. The molecule has 0 bridgehead atoms. The number of oxazole rings is 1. The van der Waals surface area contributed by atoms with Gasteiger partial charge in [0.15, 0.2) is 5.76 Å². The van der Waals surface area contributed by atoms with Crippen molar-refractivity contribution in [3.05, 3.63) is 65.9 Å². The van der Waals surface area contributed by atoms with Crippen LogP contribution in [-0.4, -0.2) is 4.98 Å². The van der Waals surface area contributed by atoms with Gasteiger partial charge in [-0.2, -0.15) is 0 Å². The molecule has 0 spiro atoms. The Hall–Kier alpha value is -2.69. The molecule has 21 heavy (non-hydrogen) atoms. The maximum Gasteiger partial charge on any atom is 0.299 e. The van der Waals surface area contributed by atoms with Crippen LogP contribution in [0, 0.1) is 18.6 Å². The summed E-state index contributed by atoms with van der Waals surface area (Å²) in [7, 11) is 0. The van der Waals surface area contributed by atoms with Gasteiger partial charge in [0.05, 0.1) is 11.9 Å². The number of rotatable bonds is 3. The lowest BCUT2D eigenvalue weighted by Crippen LogP contribution is -1.94. The fraction of sp³-hybridized carbons (Fsp3) is 0.0625. The van der Waals surface area contributed by atoms with Crippen LogP contribution >= 0.6 is 0 Å². The smallest absolute Gasteiger partial charge is 0.299 e. The highest BCUT2D eigenvalue weighted by Gasteiger charge is 2.10. The number of halogens is 2. The molecular formula is C16H12F2N2O. The van der Waals surface area contributed by atoms with Crippen LogP contribution in [0.5, 0.6) is 0 Å². The Balaban J connectivity index is 1.87. The summed E-state index contributed by atoms with van der Waals surface area (Å²) in [6.45, 7) is 1.97. The second-order valence-electron chi connectivity index (χ2n) is 4.65. The van der Waals surface area contributed by atoms with Gasteiger partial charge in [-0.15, -0.1) is 0 Å². The predicted octanol–water partition coefficient (Wildman–Crippen LogP) is 4.67. The molecule has 0 amide bonds. The van der Waals surface area contributed by atoms with E-state index in [-0.39, 0.29) is 11.7 Å². The SMILES string of the molecule is Cc1cccc(-c2cnc(Nc3cc(F)ccc3F)o2)c1. The van der Waals surface area contributed by atoms with Crippen LogP contribution in [0.3, 0.4) is 0 Å². The molecule has 0 atom stereocenters. The molecule has 3 nitrogen and oxygen atoms in total. The summed E-state index contributed by atoms with van der Waals surface area (Å²) in [6.07, 6.45) is 1.54. The minimum atomic E-state index is -0.577. The minimum Gasteiger partial charge on any atom is -0.423 e. The van der Waals surface area contributed by atoms with E-state index in [0.717, 1.165) is 29.3 Å². The van der Waals surface area contributed by atoms with Crippen LogP contribution in [0.4, 0.5) is 20.5 Å². The molecule has 1 aromatic heterocycles. The molecule has 106 valence electrons. The highest BCUT2D eigenvalue weighted by molar-refractivity contribution is 5.60. The van der Waals surface area contributed by atoms with E-state index in [1.165, 1.54) is 6.20 Å². The highest BCUT2D eigenvalue weighted by atomic mass is 19.1. The maximum absolute atomic E-state index is 13.5. The Kier molecular flexibility index (Phi) is 3.39. The summed E-state index contributed by atoms with van der Waals surface area (Å²) in [5.41, 5.74) is 1.94. The van der Waals surface area contributed by atoms with Gasteiger partial charge in [-0.3, -0.25) is 0 Å². The van der Waals surface area contributed by atoms with Crippen molar-refractivity contribution < 1.29 is 13.2 Å². The number of aryl methyl sites for hydroxylation is 1. The third kappa shape index (κ3) is 2.91. The van der Waals surface area contributed by atoms with E-state index in [4.69, 9.17) is 4.42 Å². The average molecular weight is 286 g/mol. The number of nitrogens with one attached hydrogen (secondary N) is 1. The van der Waals surface area contributed by atoms with E-state index >= 15 is 0 Å². The summed E-state index contributed by atoms with van der Waals surface area (Å²) in [5, 5.41) is 2.63. The van der Waals surface area contributed by atoms with E-state index in [0.29, 0.717) is 5.76 Å². The van der Waals surface area contributed by atoms with Crippen LogP contribution in [0.25, 0.3) is 11.3 Å². The maximum atomic E-state index is 13.5. The predicted molar refractivity (Wildman–Crippen MR) is 76.3 cm³/mol. The molecule has 0 unspecified atom stereocenters. The second kappa shape index (κ2) is 5.36. The van der Waals surface area contributed by atoms with Crippen LogP contribution in [-0.2, 0) is 0 Å². The first kappa shape index (κ1) is 13.3. The standard InChI is InChI=1S/C16H12F2N2O/c1-10-3-2-4-11(7-10)15-9-19-16(21-15)20-14-8-12(17)5-6-13(14)18/h2-9H,1H3,(H,19,20). The lowest BCUT2D eigenvalue weighted by Gasteiger charge is -2.03. The van der Waals surface area contributed by atoms with Gasteiger partial charge in [-0.05, 0) is 25.1 Å². The molecule has 3 aromatic rings. The van der Waals surface area contributed by atoms with Gasteiger partial charge in [-0.1, -0.05) is 23.8 Å². The second-order valence-corrected chi connectivity index (χ2v) is 4.65. The number of nitrogens with zero attached hydrogens (tertiary/aromatic N) is 1. The molecule has 0 fully saturated rings. The zero-order valence-corrected chi connectivity index (χ0v) is 11.2. The average Bonchev–Trinajstić information content (AvgIpc) is 2.91. The first-order valence-corrected chi connectivity index (χ1v) is 6.37. The zero-order valence-electron chi connectivity index (χ0n) is 11.2. The van der Waals surface area contributed by atoms with Gasteiger partial charge in [-0.25, -0.2) is 13.8 Å². The number of benzene rings is 2. The molecule has 0 aliphatic heterocycles. The Bertz CT molecular complexity index is 783. The quantitative estimate of drug-likeness (QED) is 0.760. The molecule has 0 saturated carbocycles. The molecule has 3 rings (SSSR count). The molecule has 1 heterocycles. The van der Waals surface area contributed by atoms with Crippen molar-refractivity contribution in [2.45, 2.75) is 6.92 Å². The van der Waals surface area contributed by atoms with Crippen molar-refractivity contribution in [2.75, 3.05) is 5.32 Å². The third-order valence-corrected chi connectivity index (χ3v) is 2.98. The third-order valence-electron chi connectivity index (χ3n) is 2.98. The monoisotopic (exact) mass is 286 g/mol. The number of anilines is 2. The van der Waals surface area contributed by atoms with Crippen LogP contribution in [0.15, 0.2) is 53.1 Å². The molecule has 0 aliphatic carbocycles. The van der Waals surface area contributed by atoms with Crippen LogP contribution < -0.4 is 5.32 Å². The van der Waals surface area contributed by atoms with Gasteiger partial charge in [0.25, 0.3) is 6.01 Å². The summed E-state index contributed by atoms with van der Waals surface area (Å²) >= 11 is 0. The lowest BCUT2D eigenvalue weighted by atomic mass is 10.1. The van der Waals surface area contributed by atoms with Crippen molar-refractivity contribution in [3.63, 3.8) is 0 Å². The van der Waals surface area contributed by atoms with Gasteiger partial charge < -0.3 is 9.73 Å². The van der Waals surface area contributed by atoms with Crippen molar-refractivity contribution in [1.82, 2.24) is 4.98 Å². The first-order chi connectivity index (χ1) is 10.1. The Labute approximate surface area is 120 Å². The number of hydrogen-bond donors (Lipinski definition) is 1. The van der Waals surface area contributed by atoms with Gasteiger partial charge in [0.1, 0.15) is 11.6 Å². The van der Waals surface area contributed by atoms with Crippen molar-refractivity contribution >= 4 is 11.7 Å². The molecule has 2 aromatic carbocycles. The summed E-state index contributed by atoms with van der Waals surface area (Å²) in [4.78, 5) is 4.02. The van der Waals surface area contributed by atoms with Crippen LogP contribution in [0.1, 0.15) is 5.56 Å². The van der Waals surface area contributed by atoms with Crippen molar-refractivity contribution in [3.8, 4) is 11.3 Å². The summed E-state index contributed by atoms with van der Waals surface area (Å²) in [5.74, 6) is -0.561. The van der Waals surface area contributed by atoms with E-state index < -0.39 is 11.6 Å². The van der Waals surface area contributed by atoms with Crippen molar-refractivity contribution in [1.29, 1.82) is 0 Å². The molecule has 0 saturated heterocycles. The van der Waals surface area contributed by atoms with E-state index in [1.54, 1.807) is 0 Å². The number of hydrogen-bond acceptors (Lipinski definition) is 3. The summed E-state index contributed by atoms with van der Waals surface area (Å²) < 4.78 is 32.2. The first-order valence-electron chi connectivity index (χ1n) is 6.37. The lowest BCUT2D eigenvalue weighted by molar-refractivity contribution is 0.583. The Morgan fingerprint density at radius 1 is 1.10 bits per heavy atom. The molecule has 0 radical (unpaired) electrons. The zero-order chi connectivity index (χ0) is 14.8. The minimum absolute atomic E-state index is 0.0207.